The molecule has 0 bridgehead atoms. The van der Waals surface area contributed by atoms with Crippen LogP contribution in [0.2, 0.25) is 0 Å². The molecule has 4 unspecified atom stereocenters. The molecule has 2 saturated heterocycles. The number of morpholine rings is 1. The molecular formula is C23H38ClN3O. The van der Waals surface area contributed by atoms with E-state index in [1.54, 1.807) is 0 Å². The number of hydrogen-bond donors (Lipinski definition) is 2. The highest BCUT2D eigenvalue weighted by atomic mass is 35.5. The van der Waals surface area contributed by atoms with Gasteiger partial charge in [0.15, 0.2) is 0 Å². The van der Waals surface area contributed by atoms with Gasteiger partial charge in [-0.25, -0.2) is 0 Å². The van der Waals surface area contributed by atoms with Crippen molar-refractivity contribution >= 4 is 12.4 Å². The molecular weight excluding hydrogens is 370 g/mol. The summed E-state index contributed by atoms with van der Waals surface area (Å²) in [6.07, 6.45) is 8.07. The fraction of sp³-hybridized carbons (Fsp3) is 0.739. The summed E-state index contributed by atoms with van der Waals surface area (Å²) in [6.45, 7) is 8.47. The predicted octanol–water partition coefficient (Wildman–Crippen LogP) is 3.73. The van der Waals surface area contributed by atoms with Gasteiger partial charge in [0.05, 0.1) is 13.2 Å². The molecule has 0 amide bonds. The lowest BCUT2D eigenvalue weighted by Gasteiger charge is -2.33. The lowest BCUT2D eigenvalue weighted by Crippen LogP contribution is -2.50. The molecule has 2 aliphatic heterocycles. The van der Waals surface area contributed by atoms with Gasteiger partial charge in [-0.15, -0.1) is 12.4 Å². The van der Waals surface area contributed by atoms with Crippen LogP contribution in [0.3, 0.4) is 0 Å². The van der Waals surface area contributed by atoms with Crippen molar-refractivity contribution in [1.29, 1.82) is 0 Å². The molecule has 3 fully saturated rings. The van der Waals surface area contributed by atoms with E-state index in [0.717, 1.165) is 38.9 Å². The zero-order valence-electron chi connectivity index (χ0n) is 17.4. The maximum atomic E-state index is 5.69. The molecule has 4 nitrogen and oxygen atoms in total. The Labute approximate surface area is 177 Å². The first-order chi connectivity index (χ1) is 13.3. The van der Waals surface area contributed by atoms with Crippen LogP contribution < -0.4 is 10.6 Å². The van der Waals surface area contributed by atoms with Crippen molar-refractivity contribution in [3.63, 3.8) is 0 Å². The van der Waals surface area contributed by atoms with Gasteiger partial charge in [-0.05, 0) is 56.2 Å². The first kappa shape index (κ1) is 22.0. The van der Waals surface area contributed by atoms with Crippen molar-refractivity contribution in [2.24, 2.45) is 5.92 Å². The summed E-state index contributed by atoms with van der Waals surface area (Å²) in [5, 5.41) is 7.52. The van der Waals surface area contributed by atoms with E-state index < -0.39 is 0 Å². The van der Waals surface area contributed by atoms with E-state index in [-0.39, 0.29) is 12.4 Å². The number of nitrogens with one attached hydrogen (secondary N) is 2. The fourth-order valence-electron chi connectivity index (χ4n) is 5.22. The van der Waals surface area contributed by atoms with Crippen LogP contribution in [0, 0.1) is 5.92 Å². The monoisotopic (exact) mass is 407 g/mol. The van der Waals surface area contributed by atoms with Crippen molar-refractivity contribution in [2.45, 2.75) is 76.7 Å². The van der Waals surface area contributed by atoms with Crippen LogP contribution in [0.15, 0.2) is 24.3 Å². The summed E-state index contributed by atoms with van der Waals surface area (Å²) in [5.74, 6) is 0.713. The molecule has 28 heavy (non-hydrogen) atoms. The van der Waals surface area contributed by atoms with Gasteiger partial charge < -0.3 is 15.4 Å². The van der Waals surface area contributed by atoms with Gasteiger partial charge in [0.25, 0.3) is 0 Å². The maximum Gasteiger partial charge on any atom is 0.0623 e. The van der Waals surface area contributed by atoms with Gasteiger partial charge in [0.2, 0.25) is 0 Å². The second-order valence-corrected chi connectivity index (χ2v) is 8.85. The highest BCUT2D eigenvalue weighted by Gasteiger charge is 2.34. The largest absolute Gasteiger partial charge is 0.379 e. The van der Waals surface area contributed by atoms with E-state index in [0.29, 0.717) is 18.0 Å². The second kappa shape index (κ2) is 10.9. The third-order valence-electron chi connectivity index (χ3n) is 6.95. The summed E-state index contributed by atoms with van der Waals surface area (Å²) >= 11 is 0. The summed E-state index contributed by atoms with van der Waals surface area (Å²) in [4.78, 5) is 2.64. The van der Waals surface area contributed by atoms with Gasteiger partial charge in [-0.2, -0.15) is 0 Å². The number of piperidine rings is 1. The molecule has 5 heteroatoms. The third-order valence-corrected chi connectivity index (χ3v) is 6.95. The molecule has 2 N–H and O–H groups in total. The van der Waals surface area contributed by atoms with Gasteiger partial charge in [0, 0.05) is 37.8 Å². The topological polar surface area (TPSA) is 36.5 Å². The molecule has 1 aromatic rings. The summed E-state index contributed by atoms with van der Waals surface area (Å²) in [7, 11) is 0. The smallest absolute Gasteiger partial charge is 0.0623 e. The number of nitrogens with zero attached hydrogens (tertiary/aromatic N) is 1. The van der Waals surface area contributed by atoms with Crippen molar-refractivity contribution in [2.75, 3.05) is 26.3 Å². The summed E-state index contributed by atoms with van der Waals surface area (Å²) in [6, 6.07) is 11.2. The number of hydrogen-bond acceptors (Lipinski definition) is 4. The van der Waals surface area contributed by atoms with Crippen LogP contribution in [0.4, 0.5) is 0 Å². The van der Waals surface area contributed by atoms with E-state index in [9.17, 15) is 0 Å². The lowest BCUT2D eigenvalue weighted by molar-refractivity contribution is 0.0524. The van der Waals surface area contributed by atoms with Gasteiger partial charge in [-0.1, -0.05) is 37.1 Å². The zero-order chi connectivity index (χ0) is 18.5. The van der Waals surface area contributed by atoms with Crippen molar-refractivity contribution in [3.8, 4) is 0 Å². The number of likely N-dealkylation sites (tertiary alicyclic amines) is 1. The predicted molar refractivity (Wildman–Crippen MR) is 118 cm³/mol. The lowest BCUT2D eigenvalue weighted by atomic mass is 9.94. The Morgan fingerprint density at radius 1 is 1.07 bits per heavy atom. The zero-order valence-corrected chi connectivity index (χ0v) is 18.2. The molecule has 0 radical (unpaired) electrons. The molecule has 1 aromatic carbocycles. The van der Waals surface area contributed by atoms with Gasteiger partial charge in [-0.3, -0.25) is 4.90 Å². The second-order valence-electron chi connectivity index (χ2n) is 8.85. The van der Waals surface area contributed by atoms with E-state index in [1.807, 2.05) is 0 Å². The Hall–Kier alpha value is -0.650. The third kappa shape index (κ3) is 5.70. The van der Waals surface area contributed by atoms with E-state index in [1.165, 1.54) is 56.2 Å². The van der Waals surface area contributed by atoms with Crippen molar-refractivity contribution < 1.29 is 4.74 Å². The summed E-state index contributed by atoms with van der Waals surface area (Å²) in [5.41, 5.74) is 2.86. The molecule has 158 valence electrons. The Morgan fingerprint density at radius 3 is 2.64 bits per heavy atom. The number of halogens is 1. The van der Waals surface area contributed by atoms with Crippen LogP contribution in [-0.2, 0) is 17.8 Å². The van der Waals surface area contributed by atoms with Gasteiger partial charge in [0.1, 0.15) is 0 Å². The highest BCUT2D eigenvalue weighted by molar-refractivity contribution is 5.85. The molecule has 0 spiro atoms. The minimum atomic E-state index is 0. The van der Waals surface area contributed by atoms with Crippen LogP contribution in [0.25, 0.3) is 0 Å². The standard InChI is InChI=1S/C23H37N3O.ClH/c1-18-5-2-3-13-26(18)16-20-10-8-19(9-11-20)15-25-22-7-4-6-21(22)23-17-27-14-12-24-23;/h8-11,18,21-25H,2-7,12-17H2,1H3;1H. The van der Waals surface area contributed by atoms with Crippen LogP contribution in [-0.4, -0.2) is 49.3 Å². The molecule has 1 aliphatic carbocycles. The minimum Gasteiger partial charge on any atom is -0.379 e. The number of ether oxygens (including phenoxy) is 1. The first-order valence-corrected chi connectivity index (χ1v) is 11.2. The van der Waals surface area contributed by atoms with Crippen molar-refractivity contribution in [1.82, 2.24) is 15.5 Å². The first-order valence-electron chi connectivity index (χ1n) is 11.2. The SMILES string of the molecule is CC1CCCCN1Cc1ccc(CNC2CCCC2C2COCCN2)cc1.Cl. The number of rotatable bonds is 6. The maximum absolute atomic E-state index is 5.69. The average Bonchev–Trinajstić information content (AvgIpc) is 3.18. The summed E-state index contributed by atoms with van der Waals surface area (Å²) < 4.78 is 5.69. The highest BCUT2D eigenvalue weighted by Crippen LogP contribution is 2.29. The Morgan fingerprint density at radius 2 is 1.89 bits per heavy atom. The fourth-order valence-corrected chi connectivity index (χ4v) is 5.22. The molecule has 0 aromatic heterocycles. The molecule has 4 rings (SSSR count). The van der Waals surface area contributed by atoms with E-state index in [4.69, 9.17) is 4.74 Å². The average molecular weight is 408 g/mol. The van der Waals surface area contributed by atoms with Crippen LogP contribution >= 0.6 is 12.4 Å². The quantitative estimate of drug-likeness (QED) is 0.753. The van der Waals surface area contributed by atoms with E-state index in [2.05, 4.69) is 46.7 Å². The van der Waals surface area contributed by atoms with Crippen LogP contribution in [0.1, 0.15) is 56.6 Å². The normalized spacial score (nSPS) is 31.5. The minimum absolute atomic E-state index is 0. The molecule has 1 saturated carbocycles. The van der Waals surface area contributed by atoms with E-state index >= 15 is 0 Å². The molecule has 2 heterocycles. The Kier molecular flexibility index (Phi) is 8.61. The Balaban J connectivity index is 0.00000225. The van der Waals surface area contributed by atoms with Crippen LogP contribution in [0.5, 0.6) is 0 Å². The number of benzene rings is 1. The Bertz CT molecular complexity index is 576. The van der Waals surface area contributed by atoms with Crippen molar-refractivity contribution in [3.05, 3.63) is 35.4 Å². The molecule has 3 aliphatic rings. The van der Waals surface area contributed by atoms with Gasteiger partial charge >= 0.3 is 0 Å². The molecule has 4 atom stereocenters.